The minimum Gasteiger partial charge on any atom is -0.508 e. The summed E-state index contributed by atoms with van der Waals surface area (Å²) in [5, 5.41) is 12.8. The third-order valence-corrected chi connectivity index (χ3v) is 4.26. The van der Waals surface area contributed by atoms with Gasteiger partial charge in [0.05, 0.1) is 7.11 Å². The number of benzene rings is 2. The number of phenolic OH excluding ortho intramolecular Hbond substituents is 1. The molecule has 0 spiro atoms. The molecule has 21 heavy (non-hydrogen) atoms. The molecule has 3 heteroatoms. The van der Waals surface area contributed by atoms with Crippen molar-refractivity contribution in [2.45, 2.75) is 31.3 Å². The molecule has 1 aliphatic carbocycles. The highest BCUT2D eigenvalue weighted by Gasteiger charge is 2.29. The molecule has 0 radical (unpaired) electrons. The van der Waals surface area contributed by atoms with Gasteiger partial charge in [0.25, 0.3) is 0 Å². The quantitative estimate of drug-likeness (QED) is 0.883. The molecule has 0 aromatic heterocycles. The predicted octanol–water partition coefficient (Wildman–Crippen LogP) is 3.44. The number of hydrogen-bond donors (Lipinski definition) is 2. The van der Waals surface area contributed by atoms with Gasteiger partial charge in [-0.3, -0.25) is 0 Å². The van der Waals surface area contributed by atoms with E-state index in [1.165, 1.54) is 24.0 Å². The number of ether oxygens (including phenoxy) is 1. The SMILES string of the molecule is COc1ccc(C2CC(NCc3ccc(O)cc3)C2)cc1. The first kappa shape index (κ1) is 14.0. The van der Waals surface area contributed by atoms with Gasteiger partial charge in [-0.1, -0.05) is 24.3 Å². The maximum absolute atomic E-state index is 9.26. The van der Waals surface area contributed by atoms with E-state index in [4.69, 9.17) is 4.74 Å². The van der Waals surface area contributed by atoms with Gasteiger partial charge in [-0.15, -0.1) is 0 Å². The Hall–Kier alpha value is -2.00. The first-order valence-corrected chi connectivity index (χ1v) is 7.40. The minimum absolute atomic E-state index is 0.321. The van der Waals surface area contributed by atoms with Gasteiger partial charge >= 0.3 is 0 Å². The second-order valence-corrected chi connectivity index (χ2v) is 5.69. The van der Waals surface area contributed by atoms with Gasteiger partial charge in [0, 0.05) is 12.6 Å². The number of aromatic hydroxyl groups is 1. The standard InChI is InChI=1S/C18H21NO2/c1-21-18-8-4-14(5-9-18)15-10-16(11-15)19-12-13-2-6-17(20)7-3-13/h2-9,15-16,19-20H,10-12H2,1H3. The zero-order valence-electron chi connectivity index (χ0n) is 12.3. The Kier molecular flexibility index (Phi) is 4.11. The molecule has 1 aliphatic rings. The summed E-state index contributed by atoms with van der Waals surface area (Å²) in [7, 11) is 1.70. The van der Waals surface area contributed by atoms with Crippen molar-refractivity contribution in [1.29, 1.82) is 0 Å². The molecule has 0 unspecified atom stereocenters. The molecule has 2 aromatic carbocycles. The monoisotopic (exact) mass is 283 g/mol. The lowest BCUT2D eigenvalue weighted by molar-refractivity contribution is 0.289. The third-order valence-electron chi connectivity index (χ3n) is 4.26. The Labute approximate surface area is 125 Å². The molecule has 2 N–H and O–H groups in total. The van der Waals surface area contributed by atoms with Crippen LogP contribution in [-0.2, 0) is 6.54 Å². The van der Waals surface area contributed by atoms with Crippen LogP contribution in [0.15, 0.2) is 48.5 Å². The summed E-state index contributed by atoms with van der Waals surface area (Å²) >= 11 is 0. The van der Waals surface area contributed by atoms with E-state index in [1.54, 1.807) is 19.2 Å². The van der Waals surface area contributed by atoms with E-state index in [1.807, 2.05) is 24.3 Å². The van der Waals surface area contributed by atoms with Crippen LogP contribution in [0, 0.1) is 0 Å². The summed E-state index contributed by atoms with van der Waals surface area (Å²) in [4.78, 5) is 0. The molecule has 0 aliphatic heterocycles. The number of hydrogen-bond acceptors (Lipinski definition) is 3. The van der Waals surface area contributed by atoms with Crippen LogP contribution in [0.2, 0.25) is 0 Å². The molecular formula is C18H21NO2. The van der Waals surface area contributed by atoms with E-state index < -0.39 is 0 Å². The Bertz CT molecular complexity index is 571. The molecule has 1 saturated carbocycles. The second kappa shape index (κ2) is 6.19. The number of phenols is 1. The highest BCUT2D eigenvalue weighted by Crippen LogP contribution is 2.37. The summed E-state index contributed by atoms with van der Waals surface area (Å²) in [6.45, 7) is 0.861. The first-order chi connectivity index (χ1) is 10.2. The van der Waals surface area contributed by atoms with Gasteiger partial charge < -0.3 is 15.2 Å². The van der Waals surface area contributed by atoms with Crippen LogP contribution in [0.5, 0.6) is 11.5 Å². The van der Waals surface area contributed by atoms with Crippen LogP contribution < -0.4 is 10.1 Å². The maximum Gasteiger partial charge on any atom is 0.118 e. The van der Waals surface area contributed by atoms with E-state index in [9.17, 15) is 5.11 Å². The van der Waals surface area contributed by atoms with Crippen LogP contribution in [0.3, 0.4) is 0 Å². The fourth-order valence-electron chi connectivity index (χ4n) is 2.81. The number of methoxy groups -OCH3 is 1. The average Bonchev–Trinajstić information content (AvgIpc) is 2.48. The lowest BCUT2D eigenvalue weighted by atomic mass is 9.76. The summed E-state index contributed by atoms with van der Waals surface area (Å²) in [5.74, 6) is 1.90. The topological polar surface area (TPSA) is 41.5 Å². The van der Waals surface area contributed by atoms with Gasteiger partial charge in [0.15, 0.2) is 0 Å². The molecule has 0 atom stereocenters. The highest BCUT2D eigenvalue weighted by atomic mass is 16.5. The number of nitrogens with one attached hydrogen (secondary N) is 1. The second-order valence-electron chi connectivity index (χ2n) is 5.69. The van der Waals surface area contributed by atoms with Crippen molar-refractivity contribution >= 4 is 0 Å². The van der Waals surface area contributed by atoms with Gasteiger partial charge in [-0.05, 0) is 54.2 Å². The van der Waals surface area contributed by atoms with Crippen LogP contribution >= 0.6 is 0 Å². The van der Waals surface area contributed by atoms with Gasteiger partial charge in [-0.25, -0.2) is 0 Å². The summed E-state index contributed by atoms with van der Waals surface area (Å²) in [6, 6.07) is 16.4. The Morgan fingerprint density at radius 2 is 1.71 bits per heavy atom. The smallest absolute Gasteiger partial charge is 0.118 e. The van der Waals surface area contributed by atoms with Crippen molar-refractivity contribution in [1.82, 2.24) is 5.32 Å². The van der Waals surface area contributed by atoms with E-state index in [-0.39, 0.29) is 0 Å². The van der Waals surface area contributed by atoms with Crippen LogP contribution in [0.25, 0.3) is 0 Å². The Balaban J connectivity index is 1.46. The molecule has 1 fully saturated rings. The Morgan fingerprint density at radius 3 is 2.33 bits per heavy atom. The molecule has 0 amide bonds. The maximum atomic E-state index is 9.26. The molecule has 3 nitrogen and oxygen atoms in total. The van der Waals surface area contributed by atoms with E-state index >= 15 is 0 Å². The Morgan fingerprint density at radius 1 is 1.05 bits per heavy atom. The molecule has 0 heterocycles. The fraction of sp³-hybridized carbons (Fsp3) is 0.333. The highest BCUT2D eigenvalue weighted by molar-refractivity contribution is 5.31. The van der Waals surface area contributed by atoms with E-state index in [0.29, 0.717) is 17.7 Å². The van der Waals surface area contributed by atoms with Crippen molar-refractivity contribution in [3.63, 3.8) is 0 Å². The number of rotatable bonds is 5. The molecular weight excluding hydrogens is 262 g/mol. The van der Waals surface area contributed by atoms with Crippen molar-refractivity contribution in [2.75, 3.05) is 7.11 Å². The van der Waals surface area contributed by atoms with Crippen molar-refractivity contribution in [3.05, 3.63) is 59.7 Å². The zero-order valence-corrected chi connectivity index (χ0v) is 12.3. The summed E-state index contributed by atoms with van der Waals surface area (Å²) in [5.41, 5.74) is 2.61. The largest absolute Gasteiger partial charge is 0.508 e. The van der Waals surface area contributed by atoms with Crippen molar-refractivity contribution < 1.29 is 9.84 Å². The molecule has 2 aromatic rings. The van der Waals surface area contributed by atoms with Crippen LogP contribution in [0.1, 0.15) is 29.9 Å². The fourth-order valence-corrected chi connectivity index (χ4v) is 2.81. The first-order valence-electron chi connectivity index (χ1n) is 7.40. The minimum atomic E-state index is 0.321. The van der Waals surface area contributed by atoms with Gasteiger partial charge in [0.2, 0.25) is 0 Å². The lowest BCUT2D eigenvalue weighted by Gasteiger charge is -2.36. The lowest BCUT2D eigenvalue weighted by Crippen LogP contribution is -2.39. The summed E-state index contributed by atoms with van der Waals surface area (Å²) in [6.07, 6.45) is 2.37. The van der Waals surface area contributed by atoms with Crippen molar-refractivity contribution in [3.8, 4) is 11.5 Å². The van der Waals surface area contributed by atoms with Crippen LogP contribution in [0.4, 0.5) is 0 Å². The molecule has 0 bridgehead atoms. The molecule has 110 valence electrons. The molecule has 3 rings (SSSR count). The van der Waals surface area contributed by atoms with Crippen LogP contribution in [-0.4, -0.2) is 18.3 Å². The zero-order chi connectivity index (χ0) is 14.7. The average molecular weight is 283 g/mol. The summed E-state index contributed by atoms with van der Waals surface area (Å²) < 4.78 is 5.19. The van der Waals surface area contributed by atoms with Gasteiger partial charge in [-0.2, -0.15) is 0 Å². The normalized spacial score (nSPS) is 20.8. The van der Waals surface area contributed by atoms with E-state index in [0.717, 1.165) is 12.3 Å². The third kappa shape index (κ3) is 3.37. The van der Waals surface area contributed by atoms with E-state index in [2.05, 4.69) is 17.4 Å². The molecule has 0 saturated heterocycles. The predicted molar refractivity (Wildman–Crippen MR) is 83.7 cm³/mol. The van der Waals surface area contributed by atoms with Crippen molar-refractivity contribution in [2.24, 2.45) is 0 Å². The van der Waals surface area contributed by atoms with Gasteiger partial charge in [0.1, 0.15) is 11.5 Å².